The molecular formula is C18H21ClO2. The third-order valence-corrected chi connectivity index (χ3v) is 3.83. The van der Waals surface area contributed by atoms with Crippen LogP contribution in [0.3, 0.4) is 0 Å². The van der Waals surface area contributed by atoms with Crippen LogP contribution in [0.5, 0.6) is 11.5 Å². The van der Waals surface area contributed by atoms with Gasteiger partial charge in [-0.05, 0) is 54.7 Å². The van der Waals surface area contributed by atoms with Crippen molar-refractivity contribution in [2.75, 3.05) is 0 Å². The molecule has 0 saturated heterocycles. The number of hydrogen-bond donors (Lipinski definition) is 1. The summed E-state index contributed by atoms with van der Waals surface area (Å²) in [5, 5.41) is 10.1. The number of benzene rings is 2. The summed E-state index contributed by atoms with van der Waals surface area (Å²) >= 11 is 6.24. The largest absolute Gasteiger partial charge is 0.456 e. The summed E-state index contributed by atoms with van der Waals surface area (Å²) in [5.74, 6) is 1.86. The van der Waals surface area contributed by atoms with E-state index in [4.69, 9.17) is 16.3 Å². The summed E-state index contributed by atoms with van der Waals surface area (Å²) in [5.41, 5.74) is 3.07. The first-order valence-corrected chi connectivity index (χ1v) is 7.52. The number of aliphatic hydroxyl groups excluding tert-OH is 1. The fourth-order valence-electron chi connectivity index (χ4n) is 2.06. The fraction of sp³-hybridized carbons (Fsp3) is 0.333. The topological polar surface area (TPSA) is 29.5 Å². The van der Waals surface area contributed by atoms with Crippen molar-refractivity contribution in [3.63, 3.8) is 0 Å². The molecule has 2 rings (SSSR count). The summed E-state index contributed by atoms with van der Waals surface area (Å²) in [6, 6.07) is 11.6. The third kappa shape index (κ3) is 3.78. The first-order valence-electron chi connectivity index (χ1n) is 7.14. The average molecular weight is 305 g/mol. The molecule has 0 aliphatic carbocycles. The van der Waals surface area contributed by atoms with E-state index in [0.717, 1.165) is 16.9 Å². The van der Waals surface area contributed by atoms with Crippen LogP contribution in [0.2, 0.25) is 5.02 Å². The standard InChI is InChI=1S/C18H21ClO2/c1-11(2)14-6-5-12(3)18(10-14)21-17-8-7-15(13(4)20)9-16(17)19/h5-11,13,20H,1-4H3/t13-/m1/s1. The molecule has 0 unspecified atom stereocenters. The minimum Gasteiger partial charge on any atom is -0.456 e. The van der Waals surface area contributed by atoms with Gasteiger partial charge in [0.15, 0.2) is 0 Å². The molecule has 0 saturated carbocycles. The van der Waals surface area contributed by atoms with Crippen LogP contribution in [-0.4, -0.2) is 5.11 Å². The van der Waals surface area contributed by atoms with E-state index in [1.165, 1.54) is 5.56 Å². The first kappa shape index (κ1) is 15.9. The highest BCUT2D eigenvalue weighted by Gasteiger charge is 2.10. The molecule has 0 amide bonds. The predicted octanol–water partition coefficient (Wildman–Crippen LogP) is 5.62. The van der Waals surface area contributed by atoms with Gasteiger partial charge in [0.1, 0.15) is 11.5 Å². The summed E-state index contributed by atoms with van der Waals surface area (Å²) in [6.07, 6.45) is -0.539. The molecule has 0 heterocycles. The van der Waals surface area contributed by atoms with Gasteiger partial charge in [0.25, 0.3) is 0 Å². The Kier molecular flexibility index (Phi) is 4.92. The van der Waals surface area contributed by atoms with E-state index in [1.807, 2.05) is 13.0 Å². The molecule has 2 aromatic rings. The number of aliphatic hydroxyl groups is 1. The van der Waals surface area contributed by atoms with E-state index in [0.29, 0.717) is 16.7 Å². The summed E-state index contributed by atoms with van der Waals surface area (Å²) in [7, 11) is 0. The predicted molar refractivity (Wildman–Crippen MR) is 87.4 cm³/mol. The van der Waals surface area contributed by atoms with E-state index in [1.54, 1.807) is 19.1 Å². The van der Waals surface area contributed by atoms with E-state index in [9.17, 15) is 5.11 Å². The van der Waals surface area contributed by atoms with Gasteiger partial charge in [-0.3, -0.25) is 0 Å². The zero-order chi connectivity index (χ0) is 15.6. The quantitative estimate of drug-likeness (QED) is 0.794. The summed E-state index contributed by atoms with van der Waals surface area (Å²) < 4.78 is 5.95. The molecular weight excluding hydrogens is 284 g/mol. The smallest absolute Gasteiger partial charge is 0.146 e. The highest BCUT2D eigenvalue weighted by atomic mass is 35.5. The van der Waals surface area contributed by atoms with Crippen LogP contribution in [0.4, 0.5) is 0 Å². The lowest BCUT2D eigenvalue weighted by Gasteiger charge is -2.14. The van der Waals surface area contributed by atoms with Crippen molar-refractivity contribution in [2.45, 2.75) is 39.7 Å². The Hall–Kier alpha value is -1.51. The van der Waals surface area contributed by atoms with Gasteiger partial charge in [-0.1, -0.05) is 43.6 Å². The van der Waals surface area contributed by atoms with Gasteiger partial charge in [0, 0.05) is 0 Å². The molecule has 1 atom stereocenters. The highest BCUT2D eigenvalue weighted by molar-refractivity contribution is 6.32. The van der Waals surface area contributed by atoms with Gasteiger partial charge in [0.2, 0.25) is 0 Å². The van der Waals surface area contributed by atoms with Gasteiger partial charge in [0.05, 0.1) is 11.1 Å². The lowest BCUT2D eigenvalue weighted by Crippen LogP contribution is -1.95. The maximum absolute atomic E-state index is 9.57. The Morgan fingerprint density at radius 2 is 1.62 bits per heavy atom. The minimum atomic E-state index is -0.539. The average Bonchev–Trinajstić information content (AvgIpc) is 2.42. The monoisotopic (exact) mass is 304 g/mol. The van der Waals surface area contributed by atoms with Gasteiger partial charge >= 0.3 is 0 Å². The van der Waals surface area contributed by atoms with Crippen LogP contribution in [0, 0.1) is 6.92 Å². The van der Waals surface area contributed by atoms with Gasteiger partial charge < -0.3 is 9.84 Å². The molecule has 1 N–H and O–H groups in total. The highest BCUT2D eigenvalue weighted by Crippen LogP contribution is 2.34. The SMILES string of the molecule is Cc1ccc(C(C)C)cc1Oc1ccc([C@@H](C)O)cc1Cl. The molecule has 21 heavy (non-hydrogen) atoms. The first-order chi connectivity index (χ1) is 9.88. The Balaban J connectivity index is 2.32. The lowest BCUT2D eigenvalue weighted by atomic mass is 10.0. The van der Waals surface area contributed by atoms with Crippen molar-refractivity contribution in [1.29, 1.82) is 0 Å². The number of rotatable bonds is 4. The molecule has 0 aliphatic rings. The van der Waals surface area contributed by atoms with Crippen LogP contribution < -0.4 is 4.74 Å². The molecule has 2 aromatic carbocycles. The molecule has 0 bridgehead atoms. The normalized spacial score (nSPS) is 12.5. The van der Waals surface area contributed by atoms with E-state index < -0.39 is 6.10 Å². The van der Waals surface area contributed by atoms with Gasteiger partial charge in [-0.2, -0.15) is 0 Å². The summed E-state index contributed by atoms with van der Waals surface area (Å²) in [6.45, 7) is 8.03. The maximum atomic E-state index is 9.57. The molecule has 0 fully saturated rings. The maximum Gasteiger partial charge on any atom is 0.146 e. The number of hydrogen-bond acceptors (Lipinski definition) is 2. The lowest BCUT2D eigenvalue weighted by molar-refractivity contribution is 0.199. The van der Waals surface area contributed by atoms with Crippen LogP contribution in [0.15, 0.2) is 36.4 Å². The Morgan fingerprint density at radius 1 is 0.952 bits per heavy atom. The number of aryl methyl sites for hydroxylation is 1. The Morgan fingerprint density at radius 3 is 2.19 bits per heavy atom. The van der Waals surface area contributed by atoms with Crippen LogP contribution in [-0.2, 0) is 0 Å². The number of ether oxygens (including phenoxy) is 1. The second-order valence-corrected chi connectivity index (χ2v) is 6.05. The van der Waals surface area contributed by atoms with Crippen LogP contribution in [0.1, 0.15) is 49.5 Å². The van der Waals surface area contributed by atoms with E-state index in [2.05, 4.69) is 32.0 Å². The van der Waals surface area contributed by atoms with E-state index in [-0.39, 0.29) is 0 Å². The zero-order valence-electron chi connectivity index (χ0n) is 12.9. The Bertz CT molecular complexity index is 633. The van der Waals surface area contributed by atoms with Crippen LogP contribution >= 0.6 is 11.6 Å². The van der Waals surface area contributed by atoms with Crippen LogP contribution in [0.25, 0.3) is 0 Å². The number of halogens is 1. The molecule has 112 valence electrons. The second-order valence-electron chi connectivity index (χ2n) is 5.65. The molecule has 0 spiro atoms. The van der Waals surface area contributed by atoms with Crippen molar-refractivity contribution < 1.29 is 9.84 Å². The second kappa shape index (κ2) is 6.50. The summed E-state index contributed by atoms with van der Waals surface area (Å²) in [4.78, 5) is 0. The third-order valence-electron chi connectivity index (χ3n) is 3.54. The minimum absolute atomic E-state index is 0.445. The van der Waals surface area contributed by atoms with Crippen molar-refractivity contribution in [1.82, 2.24) is 0 Å². The van der Waals surface area contributed by atoms with Crippen molar-refractivity contribution in [3.8, 4) is 11.5 Å². The molecule has 0 aromatic heterocycles. The Labute approximate surface area is 131 Å². The molecule has 0 aliphatic heterocycles. The molecule has 3 heteroatoms. The molecule has 2 nitrogen and oxygen atoms in total. The van der Waals surface area contributed by atoms with Crippen molar-refractivity contribution in [3.05, 3.63) is 58.1 Å². The zero-order valence-corrected chi connectivity index (χ0v) is 13.6. The fourth-order valence-corrected chi connectivity index (χ4v) is 2.29. The van der Waals surface area contributed by atoms with Gasteiger partial charge in [-0.15, -0.1) is 0 Å². The van der Waals surface area contributed by atoms with Crippen molar-refractivity contribution >= 4 is 11.6 Å². The van der Waals surface area contributed by atoms with E-state index >= 15 is 0 Å². The van der Waals surface area contributed by atoms with Crippen molar-refractivity contribution in [2.24, 2.45) is 0 Å². The molecule has 0 radical (unpaired) electrons. The van der Waals surface area contributed by atoms with Gasteiger partial charge in [-0.25, -0.2) is 0 Å².